The lowest BCUT2D eigenvalue weighted by Gasteiger charge is -2.29. The summed E-state index contributed by atoms with van der Waals surface area (Å²) in [5.74, 6) is -1.42. The van der Waals surface area contributed by atoms with E-state index in [0.717, 1.165) is 41.3 Å². The molecule has 1 saturated carbocycles. The van der Waals surface area contributed by atoms with Crippen LogP contribution in [-0.2, 0) is 17.6 Å². The third-order valence-electron chi connectivity index (χ3n) is 6.15. The van der Waals surface area contributed by atoms with Crippen molar-refractivity contribution in [1.29, 1.82) is 0 Å². The molecule has 2 aliphatic rings. The van der Waals surface area contributed by atoms with Gasteiger partial charge in [0.2, 0.25) is 5.91 Å². The number of fused-ring (bicyclic) bond motifs is 1. The average molecular weight is 387 g/mol. The van der Waals surface area contributed by atoms with E-state index in [4.69, 9.17) is 0 Å². The fourth-order valence-corrected chi connectivity index (χ4v) is 4.37. The van der Waals surface area contributed by atoms with Crippen molar-refractivity contribution in [2.75, 3.05) is 5.32 Å². The highest BCUT2D eigenvalue weighted by Gasteiger charge is 2.45. The molecule has 2 nitrogen and oxygen atoms in total. The number of anilines is 1. The lowest BCUT2D eigenvalue weighted by Crippen LogP contribution is -2.21. The van der Waals surface area contributed by atoms with Gasteiger partial charge in [-0.15, -0.1) is 0 Å². The summed E-state index contributed by atoms with van der Waals surface area (Å²) in [6.07, 6.45) is 3.04. The maximum atomic E-state index is 14.3. The molecule has 2 aromatic carbocycles. The summed E-state index contributed by atoms with van der Waals surface area (Å²) in [7, 11) is 0. The van der Waals surface area contributed by atoms with Gasteiger partial charge in [-0.1, -0.05) is 12.1 Å². The summed E-state index contributed by atoms with van der Waals surface area (Å²) < 4.78 is 41.4. The number of benzene rings is 2. The van der Waals surface area contributed by atoms with E-state index in [1.165, 1.54) is 17.7 Å². The van der Waals surface area contributed by atoms with Crippen molar-refractivity contribution in [3.63, 3.8) is 0 Å². The molecule has 1 fully saturated rings. The minimum absolute atomic E-state index is 0.0290. The second kappa shape index (κ2) is 6.94. The van der Waals surface area contributed by atoms with E-state index in [1.54, 1.807) is 0 Å². The molecule has 0 bridgehead atoms. The number of rotatable bonds is 4. The molecular weight excluding hydrogens is 363 g/mol. The zero-order chi connectivity index (χ0) is 20.1. The third-order valence-corrected chi connectivity index (χ3v) is 6.15. The van der Waals surface area contributed by atoms with Crippen molar-refractivity contribution in [3.8, 4) is 0 Å². The second-order valence-electron chi connectivity index (χ2n) is 8.31. The van der Waals surface area contributed by atoms with Gasteiger partial charge in [-0.2, -0.15) is 0 Å². The number of alkyl halides is 1. The van der Waals surface area contributed by atoms with Crippen LogP contribution in [0.1, 0.15) is 59.4 Å². The zero-order valence-electron chi connectivity index (χ0n) is 16.2. The molecule has 0 aliphatic heterocycles. The summed E-state index contributed by atoms with van der Waals surface area (Å²) in [4.78, 5) is 12.3. The predicted molar refractivity (Wildman–Crippen MR) is 103 cm³/mol. The Labute approximate surface area is 163 Å². The topological polar surface area (TPSA) is 29.1 Å². The number of halogens is 3. The van der Waals surface area contributed by atoms with Crippen molar-refractivity contribution in [2.45, 2.75) is 64.0 Å². The van der Waals surface area contributed by atoms with Crippen LogP contribution in [0.2, 0.25) is 0 Å². The van der Waals surface area contributed by atoms with Crippen LogP contribution in [0.25, 0.3) is 0 Å². The van der Waals surface area contributed by atoms with Gasteiger partial charge in [0.05, 0.1) is 6.42 Å². The number of amides is 1. The van der Waals surface area contributed by atoms with Crippen LogP contribution in [0.15, 0.2) is 24.3 Å². The molecule has 1 N–H and O–H groups in total. The lowest BCUT2D eigenvalue weighted by molar-refractivity contribution is -0.117. The van der Waals surface area contributed by atoms with Crippen molar-refractivity contribution in [2.24, 2.45) is 0 Å². The number of carbonyl (C=O) groups excluding carboxylic acids is 1. The summed E-state index contributed by atoms with van der Waals surface area (Å²) in [5, 5.41) is 2.90. The second-order valence-corrected chi connectivity index (χ2v) is 8.31. The highest BCUT2D eigenvalue weighted by atomic mass is 19.1. The minimum atomic E-state index is -1.33. The first-order valence-corrected chi connectivity index (χ1v) is 9.81. The van der Waals surface area contributed by atoms with Crippen LogP contribution >= 0.6 is 0 Å². The Hall–Kier alpha value is -2.30. The Bertz CT molecular complexity index is 949. The molecule has 2 aromatic rings. The van der Waals surface area contributed by atoms with E-state index in [9.17, 15) is 18.0 Å². The Balaban J connectivity index is 1.60. The van der Waals surface area contributed by atoms with E-state index in [0.29, 0.717) is 24.8 Å². The Morgan fingerprint density at radius 1 is 1.21 bits per heavy atom. The maximum absolute atomic E-state index is 14.3. The fourth-order valence-electron chi connectivity index (χ4n) is 4.37. The number of hydrogen-bond donors (Lipinski definition) is 1. The molecule has 1 unspecified atom stereocenters. The number of nitrogens with one attached hydrogen (secondary N) is 1. The van der Waals surface area contributed by atoms with Gasteiger partial charge >= 0.3 is 0 Å². The van der Waals surface area contributed by atoms with E-state index < -0.39 is 17.3 Å². The smallest absolute Gasteiger partial charge is 0.227 e. The highest BCUT2D eigenvalue weighted by Crippen LogP contribution is 2.43. The molecule has 1 atom stereocenters. The van der Waals surface area contributed by atoms with Gasteiger partial charge < -0.3 is 5.32 Å². The molecule has 0 saturated heterocycles. The number of aryl methyl sites for hydroxylation is 2. The minimum Gasteiger partial charge on any atom is -0.325 e. The van der Waals surface area contributed by atoms with Gasteiger partial charge in [0.25, 0.3) is 0 Å². The third kappa shape index (κ3) is 3.67. The van der Waals surface area contributed by atoms with Gasteiger partial charge in [-0.3, -0.25) is 4.79 Å². The summed E-state index contributed by atoms with van der Waals surface area (Å²) in [6.45, 7) is 3.89. The van der Waals surface area contributed by atoms with Crippen molar-refractivity contribution >= 4 is 11.6 Å². The quantitative estimate of drug-likeness (QED) is 0.718. The van der Waals surface area contributed by atoms with Crippen LogP contribution in [0.3, 0.4) is 0 Å². The molecule has 5 heteroatoms. The van der Waals surface area contributed by atoms with E-state index in [-0.39, 0.29) is 18.2 Å². The molecular formula is C23H24F3NO. The van der Waals surface area contributed by atoms with Gasteiger partial charge in [-0.25, -0.2) is 13.2 Å². The monoisotopic (exact) mass is 387 g/mol. The van der Waals surface area contributed by atoms with Crippen LogP contribution in [-0.4, -0.2) is 11.6 Å². The molecule has 4 rings (SSSR count). The Kier molecular flexibility index (Phi) is 4.72. The first-order chi connectivity index (χ1) is 13.3. The van der Waals surface area contributed by atoms with Crippen molar-refractivity contribution in [1.82, 2.24) is 0 Å². The Morgan fingerprint density at radius 3 is 2.64 bits per heavy atom. The summed E-state index contributed by atoms with van der Waals surface area (Å²) in [6, 6.07) is 5.83. The van der Waals surface area contributed by atoms with Gasteiger partial charge in [0.15, 0.2) is 0 Å². The van der Waals surface area contributed by atoms with Gasteiger partial charge in [0, 0.05) is 11.8 Å². The van der Waals surface area contributed by atoms with Crippen molar-refractivity contribution in [3.05, 3.63) is 63.7 Å². The van der Waals surface area contributed by atoms with E-state index in [1.807, 2.05) is 13.8 Å². The number of hydrogen-bond acceptors (Lipinski definition) is 1. The highest BCUT2D eigenvalue weighted by molar-refractivity contribution is 5.93. The Morgan fingerprint density at radius 2 is 1.96 bits per heavy atom. The summed E-state index contributed by atoms with van der Waals surface area (Å²) in [5.41, 5.74) is 4.15. The molecule has 0 radical (unpaired) electrons. The van der Waals surface area contributed by atoms with Crippen LogP contribution < -0.4 is 5.32 Å². The SMILES string of the molecule is Cc1cc2c(c(C)c1NC(=O)CC1(F)CC1)CC(c1ccc(F)cc1F)CC2. The maximum Gasteiger partial charge on any atom is 0.227 e. The van der Waals surface area contributed by atoms with Gasteiger partial charge in [-0.05, 0) is 85.8 Å². The molecule has 148 valence electrons. The van der Waals surface area contributed by atoms with E-state index >= 15 is 0 Å². The molecule has 28 heavy (non-hydrogen) atoms. The molecule has 2 aliphatic carbocycles. The predicted octanol–water partition coefficient (Wildman–Crippen LogP) is 5.68. The normalized spacial score (nSPS) is 19.8. The molecule has 0 aromatic heterocycles. The first kappa shape index (κ1) is 19.0. The standard InChI is InChI=1S/C23H24F3NO/c1-13-9-15-3-4-16(18-6-5-17(24)11-20(18)25)10-19(15)14(2)22(13)27-21(28)12-23(26)7-8-23/h5-6,9,11,16H,3-4,7-8,10,12H2,1-2H3,(H,27,28). The first-order valence-electron chi connectivity index (χ1n) is 9.81. The lowest BCUT2D eigenvalue weighted by atomic mass is 9.77. The van der Waals surface area contributed by atoms with Crippen LogP contribution in [0.5, 0.6) is 0 Å². The zero-order valence-corrected chi connectivity index (χ0v) is 16.2. The van der Waals surface area contributed by atoms with Crippen LogP contribution in [0.4, 0.5) is 18.9 Å². The van der Waals surface area contributed by atoms with E-state index in [2.05, 4.69) is 11.4 Å². The van der Waals surface area contributed by atoms with Gasteiger partial charge in [0.1, 0.15) is 17.3 Å². The number of carbonyl (C=O) groups is 1. The fraction of sp³-hybridized carbons (Fsp3) is 0.435. The van der Waals surface area contributed by atoms with Crippen molar-refractivity contribution < 1.29 is 18.0 Å². The average Bonchev–Trinajstić information content (AvgIpc) is 3.35. The largest absolute Gasteiger partial charge is 0.325 e. The molecule has 0 heterocycles. The molecule has 0 spiro atoms. The van der Waals surface area contributed by atoms with Crippen LogP contribution in [0, 0.1) is 25.5 Å². The molecule has 1 amide bonds. The summed E-state index contributed by atoms with van der Waals surface area (Å²) >= 11 is 0.